The lowest BCUT2D eigenvalue weighted by Crippen LogP contribution is -2.39. The van der Waals surface area contributed by atoms with Crippen LogP contribution in [0.4, 0.5) is 22.0 Å². The summed E-state index contributed by atoms with van der Waals surface area (Å²) >= 11 is 0. The van der Waals surface area contributed by atoms with Crippen LogP contribution in [0.2, 0.25) is 0 Å². The second kappa shape index (κ2) is 11.6. The fourth-order valence-corrected chi connectivity index (χ4v) is 4.22. The zero-order valence-corrected chi connectivity index (χ0v) is 20.6. The predicted octanol–water partition coefficient (Wildman–Crippen LogP) is 4.41. The molecule has 1 amide bonds. The molecule has 8 nitrogen and oxygen atoms in total. The van der Waals surface area contributed by atoms with E-state index in [2.05, 4.69) is 20.1 Å². The van der Waals surface area contributed by atoms with Crippen LogP contribution >= 0.6 is 0 Å². The molecule has 0 atom stereocenters. The number of benzene rings is 1. The molecule has 1 aromatic carbocycles. The Morgan fingerprint density at radius 1 is 1.15 bits per heavy atom. The summed E-state index contributed by atoms with van der Waals surface area (Å²) in [6.45, 7) is 2.21. The Hall–Kier alpha value is -4.29. The first kappa shape index (κ1) is 27.7. The van der Waals surface area contributed by atoms with E-state index in [1.165, 1.54) is 17.2 Å². The standard InChI is InChI=1S/C26H22F5N5O3/c1-15-33-13-19(22(14-37)35-39-17-5-8-32-23(11-17)26(29,30)31)25(34-15)16-6-9-36(10-7-16)24(38)12-18-20(27)3-2-4-21(18)28/h2-5,8,11,13-14,16H,6-7,9-10,12H2,1H3/b35-22+. The van der Waals surface area contributed by atoms with Crippen LogP contribution in [-0.4, -0.2) is 50.8 Å². The Kier molecular flexibility index (Phi) is 8.27. The van der Waals surface area contributed by atoms with E-state index >= 15 is 0 Å². The highest BCUT2D eigenvalue weighted by atomic mass is 19.4. The van der Waals surface area contributed by atoms with Gasteiger partial charge in [0, 0.05) is 54.7 Å². The molecule has 204 valence electrons. The van der Waals surface area contributed by atoms with Gasteiger partial charge in [-0.1, -0.05) is 11.2 Å². The Bertz CT molecular complexity index is 1380. The average Bonchev–Trinajstić information content (AvgIpc) is 2.91. The number of piperidine rings is 1. The van der Waals surface area contributed by atoms with Crippen LogP contribution in [0.3, 0.4) is 0 Å². The highest BCUT2D eigenvalue weighted by molar-refractivity contribution is 6.36. The van der Waals surface area contributed by atoms with Gasteiger partial charge in [0.25, 0.3) is 0 Å². The minimum absolute atomic E-state index is 0.223. The number of amides is 1. The molecule has 2 aromatic heterocycles. The molecule has 3 heterocycles. The molecule has 0 N–H and O–H groups in total. The van der Waals surface area contributed by atoms with Gasteiger partial charge >= 0.3 is 6.18 Å². The van der Waals surface area contributed by atoms with Gasteiger partial charge in [-0.05, 0) is 31.9 Å². The van der Waals surface area contributed by atoms with Crippen LogP contribution in [0, 0.1) is 18.6 Å². The van der Waals surface area contributed by atoms with Gasteiger partial charge in [0.15, 0.2) is 17.7 Å². The van der Waals surface area contributed by atoms with Crippen LogP contribution < -0.4 is 4.84 Å². The molecule has 39 heavy (non-hydrogen) atoms. The Morgan fingerprint density at radius 2 is 1.85 bits per heavy atom. The topological polar surface area (TPSA) is 97.6 Å². The quantitative estimate of drug-likeness (QED) is 0.188. The molecule has 1 aliphatic heterocycles. The Morgan fingerprint density at radius 3 is 2.49 bits per heavy atom. The smallest absolute Gasteiger partial charge is 0.356 e. The third kappa shape index (κ3) is 6.59. The van der Waals surface area contributed by atoms with Crippen molar-refractivity contribution in [2.45, 2.75) is 38.3 Å². The zero-order valence-electron chi connectivity index (χ0n) is 20.6. The average molecular weight is 547 g/mol. The number of aldehydes is 1. The molecule has 0 unspecified atom stereocenters. The normalized spacial score (nSPS) is 14.8. The summed E-state index contributed by atoms with van der Waals surface area (Å²) in [4.78, 5) is 43.0. The van der Waals surface area contributed by atoms with E-state index in [0.717, 1.165) is 24.4 Å². The van der Waals surface area contributed by atoms with Gasteiger partial charge in [-0.2, -0.15) is 13.2 Å². The van der Waals surface area contributed by atoms with Gasteiger partial charge in [0.1, 0.15) is 23.2 Å². The molecule has 13 heteroatoms. The number of oxime groups is 1. The molecular formula is C26H22F5N5O3. The van der Waals surface area contributed by atoms with Gasteiger partial charge < -0.3 is 9.74 Å². The van der Waals surface area contributed by atoms with E-state index in [1.54, 1.807) is 6.92 Å². The summed E-state index contributed by atoms with van der Waals surface area (Å²) in [5.41, 5.74) is -0.999. The van der Waals surface area contributed by atoms with Crippen LogP contribution in [0.15, 0.2) is 47.9 Å². The van der Waals surface area contributed by atoms with E-state index in [0.29, 0.717) is 36.7 Å². The van der Waals surface area contributed by atoms with Crippen LogP contribution in [0.1, 0.15) is 47.1 Å². The summed E-state index contributed by atoms with van der Waals surface area (Å²) in [6.07, 6.45) is -1.57. The third-order valence-corrected chi connectivity index (χ3v) is 6.22. The van der Waals surface area contributed by atoms with Crippen molar-refractivity contribution in [1.82, 2.24) is 19.9 Å². The minimum atomic E-state index is -4.69. The third-order valence-electron chi connectivity index (χ3n) is 6.22. The number of aryl methyl sites for hydroxylation is 1. The maximum absolute atomic E-state index is 14.0. The maximum atomic E-state index is 14.0. The number of carbonyl (C=O) groups is 2. The van der Waals surface area contributed by atoms with Crippen LogP contribution in [0.25, 0.3) is 0 Å². The number of alkyl halides is 3. The number of carbonyl (C=O) groups excluding carboxylic acids is 2. The number of pyridine rings is 1. The van der Waals surface area contributed by atoms with E-state index < -0.39 is 35.8 Å². The summed E-state index contributed by atoms with van der Waals surface area (Å²) in [6, 6.07) is 5.23. The molecule has 0 saturated carbocycles. The molecule has 1 aliphatic rings. The highest BCUT2D eigenvalue weighted by Gasteiger charge is 2.33. The number of hydrogen-bond donors (Lipinski definition) is 0. The van der Waals surface area contributed by atoms with E-state index in [9.17, 15) is 31.5 Å². The van der Waals surface area contributed by atoms with Crippen molar-refractivity contribution in [2.75, 3.05) is 13.1 Å². The molecule has 1 fully saturated rings. The zero-order chi connectivity index (χ0) is 28.2. The molecule has 4 rings (SSSR count). The Labute approximate surface area is 219 Å². The van der Waals surface area contributed by atoms with Crippen molar-refractivity contribution in [3.8, 4) is 5.75 Å². The highest BCUT2D eigenvalue weighted by Crippen LogP contribution is 2.31. The van der Waals surface area contributed by atoms with Crippen molar-refractivity contribution in [3.05, 3.63) is 82.7 Å². The summed E-state index contributed by atoms with van der Waals surface area (Å²) in [5.74, 6) is -2.08. The summed E-state index contributed by atoms with van der Waals surface area (Å²) in [7, 11) is 0. The molecule has 1 saturated heterocycles. The molecular weight excluding hydrogens is 525 g/mol. The van der Waals surface area contributed by atoms with Gasteiger partial charge in [-0.25, -0.2) is 18.7 Å². The lowest BCUT2D eigenvalue weighted by Gasteiger charge is -2.32. The SMILES string of the molecule is Cc1ncc(/C(C=O)=N/Oc2ccnc(C(F)(F)F)c2)c(C2CCN(C(=O)Cc3c(F)cccc3F)CC2)n1. The first-order valence-electron chi connectivity index (χ1n) is 11.8. The van der Waals surface area contributed by atoms with Crippen molar-refractivity contribution in [1.29, 1.82) is 0 Å². The van der Waals surface area contributed by atoms with Gasteiger partial charge in [0.2, 0.25) is 5.91 Å². The maximum Gasteiger partial charge on any atom is 0.433 e. The second-order valence-electron chi connectivity index (χ2n) is 8.81. The number of aromatic nitrogens is 3. The van der Waals surface area contributed by atoms with Crippen LogP contribution in [-0.2, 0) is 22.2 Å². The van der Waals surface area contributed by atoms with Crippen LogP contribution in [0.5, 0.6) is 5.75 Å². The fraction of sp³-hybridized carbons (Fsp3) is 0.308. The van der Waals surface area contributed by atoms with Gasteiger partial charge in [-0.15, -0.1) is 0 Å². The lowest BCUT2D eigenvalue weighted by molar-refractivity contribution is -0.141. The summed E-state index contributed by atoms with van der Waals surface area (Å²) < 4.78 is 66.7. The largest absolute Gasteiger partial charge is 0.433 e. The molecule has 0 radical (unpaired) electrons. The number of rotatable bonds is 7. The number of hydrogen-bond acceptors (Lipinski definition) is 7. The van der Waals surface area contributed by atoms with Crippen molar-refractivity contribution in [3.63, 3.8) is 0 Å². The molecule has 0 bridgehead atoms. The summed E-state index contributed by atoms with van der Waals surface area (Å²) in [5, 5.41) is 3.74. The van der Waals surface area contributed by atoms with E-state index in [1.807, 2.05) is 0 Å². The first-order valence-corrected chi connectivity index (χ1v) is 11.8. The van der Waals surface area contributed by atoms with Gasteiger partial charge in [-0.3, -0.25) is 14.6 Å². The Balaban J connectivity index is 1.49. The molecule has 0 aliphatic carbocycles. The number of halogens is 5. The second-order valence-corrected chi connectivity index (χ2v) is 8.81. The predicted molar refractivity (Wildman–Crippen MR) is 128 cm³/mol. The fourth-order valence-electron chi connectivity index (χ4n) is 4.22. The van der Waals surface area contributed by atoms with Crippen molar-refractivity contribution < 1.29 is 36.4 Å². The van der Waals surface area contributed by atoms with E-state index in [4.69, 9.17) is 4.84 Å². The lowest BCUT2D eigenvalue weighted by atomic mass is 9.89. The molecule has 3 aromatic rings. The minimum Gasteiger partial charge on any atom is -0.356 e. The monoisotopic (exact) mass is 547 g/mol. The first-order chi connectivity index (χ1) is 18.6. The number of nitrogens with zero attached hydrogens (tertiary/aromatic N) is 5. The molecule has 0 spiro atoms. The number of likely N-dealkylation sites (tertiary alicyclic amines) is 1. The van der Waals surface area contributed by atoms with Gasteiger partial charge in [0.05, 0.1) is 12.1 Å². The van der Waals surface area contributed by atoms with E-state index in [-0.39, 0.29) is 41.6 Å². The van der Waals surface area contributed by atoms with Crippen molar-refractivity contribution >= 4 is 17.9 Å². The van der Waals surface area contributed by atoms with Crippen molar-refractivity contribution in [2.24, 2.45) is 5.16 Å².